The number of thiol groups is 1. The Hall–Kier alpha value is -1.40. The second-order valence-electron chi connectivity index (χ2n) is 10.8. The zero-order chi connectivity index (χ0) is 30.4. The van der Waals surface area contributed by atoms with Gasteiger partial charge in [0.1, 0.15) is 17.3 Å². The van der Waals surface area contributed by atoms with Gasteiger partial charge in [-0.2, -0.15) is 0 Å². The SMILES string of the molecule is CCCCCCCCCCCCCCCCCCOc1ccc(C[SH+]Cc2ccccc2)cc1.F[P-](F)(F)(F)(F)F. The molecule has 0 atom stereocenters. The molecule has 0 amide bonds. The Morgan fingerprint density at radius 1 is 0.512 bits per heavy atom. The van der Waals surface area contributed by atoms with Crippen LogP contribution in [0.1, 0.15) is 121 Å². The average Bonchev–Trinajstić information content (AvgIpc) is 2.90. The molecule has 0 aliphatic heterocycles. The first-order chi connectivity index (χ1) is 19.3. The Morgan fingerprint density at radius 2 is 0.878 bits per heavy atom. The molecule has 0 unspecified atom stereocenters. The van der Waals surface area contributed by atoms with E-state index in [4.69, 9.17) is 4.74 Å². The monoisotopic (exact) mass is 628 g/mol. The molecule has 9 heteroatoms. The number of rotatable bonds is 22. The Bertz CT molecular complexity index is 881. The molecule has 0 aliphatic carbocycles. The molecule has 0 aromatic heterocycles. The standard InChI is InChI=1S/C32H50OS.F6P/c1-2-3-4-5-6-7-8-9-10-11-12-13-14-15-16-20-27-33-32-25-23-31(24-26-32)29-34-28-30-21-18-17-19-22-30;1-7(2,3,4,5)6/h17-19,21-26H,2-16,20,27-29H2,1H3;/q;-1/p+1. The summed E-state index contributed by atoms with van der Waals surface area (Å²) in [6.45, 7) is 3.15. The van der Waals surface area contributed by atoms with Crippen molar-refractivity contribution in [1.29, 1.82) is 0 Å². The van der Waals surface area contributed by atoms with Crippen molar-refractivity contribution in [3.8, 4) is 5.75 Å². The summed E-state index contributed by atoms with van der Waals surface area (Å²) in [5.74, 6) is 3.25. The van der Waals surface area contributed by atoms with Gasteiger partial charge in [-0.25, -0.2) is 0 Å². The van der Waals surface area contributed by atoms with Crippen molar-refractivity contribution in [3.05, 3.63) is 65.7 Å². The Morgan fingerprint density at radius 3 is 1.29 bits per heavy atom. The van der Waals surface area contributed by atoms with Crippen LogP contribution in [0.3, 0.4) is 0 Å². The molecule has 2 aromatic carbocycles. The number of unbranched alkanes of at least 4 members (excludes halogenated alkanes) is 15. The van der Waals surface area contributed by atoms with Crippen LogP contribution in [0.25, 0.3) is 0 Å². The summed E-state index contributed by atoms with van der Waals surface area (Å²) in [7, 11) is -10.7. The fourth-order valence-electron chi connectivity index (χ4n) is 4.43. The fourth-order valence-corrected chi connectivity index (χ4v) is 5.48. The minimum atomic E-state index is -10.7. The minimum absolute atomic E-state index is 0.851. The molecule has 0 N–H and O–H groups in total. The van der Waals surface area contributed by atoms with Crippen LogP contribution >= 0.6 is 7.81 Å². The van der Waals surface area contributed by atoms with E-state index in [0.717, 1.165) is 23.9 Å². The average molecular weight is 629 g/mol. The van der Waals surface area contributed by atoms with E-state index in [1.165, 1.54) is 126 Å². The second kappa shape index (κ2) is 19.7. The topological polar surface area (TPSA) is 9.23 Å². The van der Waals surface area contributed by atoms with E-state index >= 15 is 0 Å². The van der Waals surface area contributed by atoms with E-state index < -0.39 is 7.81 Å². The van der Waals surface area contributed by atoms with E-state index in [1.54, 1.807) is 0 Å². The first-order valence-corrected chi connectivity index (χ1v) is 18.6. The normalized spacial score (nSPS) is 13.1. The summed E-state index contributed by atoms with van der Waals surface area (Å²) in [4.78, 5) is 0. The van der Waals surface area contributed by atoms with Gasteiger partial charge in [0.15, 0.2) is 0 Å². The molecule has 0 spiro atoms. The van der Waals surface area contributed by atoms with Crippen LogP contribution in [0.2, 0.25) is 0 Å². The van der Waals surface area contributed by atoms with Crippen molar-refractivity contribution in [2.75, 3.05) is 6.61 Å². The fraction of sp³-hybridized carbons (Fsp3) is 0.625. The molecule has 0 saturated carbocycles. The molecule has 0 bridgehead atoms. The summed E-state index contributed by atoms with van der Waals surface area (Å²) >= 11 is 1.45. The molecular weight excluding hydrogens is 577 g/mol. The van der Waals surface area contributed by atoms with Crippen LogP contribution in [0.5, 0.6) is 5.75 Å². The van der Waals surface area contributed by atoms with E-state index in [1.807, 2.05) is 0 Å². The van der Waals surface area contributed by atoms with Crippen molar-refractivity contribution in [2.45, 2.75) is 121 Å². The van der Waals surface area contributed by atoms with Gasteiger partial charge in [0.2, 0.25) is 0 Å². The van der Waals surface area contributed by atoms with Crippen LogP contribution in [0.15, 0.2) is 54.6 Å². The first kappa shape index (κ1) is 37.6. The van der Waals surface area contributed by atoms with Crippen LogP contribution in [0, 0.1) is 0 Å². The van der Waals surface area contributed by atoms with Crippen molar-refractivity contribution in [3.63, 3.8) is 0 Å². The van der Waals surface area contributed by atoms with Crippen LogP contribution in [-0.2, 0) is 23.3 Å². The van der Waals surface area contributed by atoms with Gasteiger partial charge >= 0.3 is 33.0 Å². The summed E-state index contributed by atoms with van der Waals surface area (Å²) in [5, 5.41) is 0. The van der Waals surface area contributed by atoms with E-state index in [9.17, 15) is 25.2 Å². The van der Waals surface area contributed by atoms with Crippen molar-refractivity contribution in [1.82, 2.24) is 0 Å². The third-order valence-electron chi connectivity index (χ3n) is 6.62. The molecule has 238 valence electrons. The molecule has 2 rings (SSSR count). The molecular formula is C32H51F6OPS. The van der Waals surface area contributed by atoms with Gasteiger partial charge in [0.05, 0.1) is 6.61 Å². The molecule has 0 saturated heterocycles. The van der Waals surface area contributed by atoms with E-state index in [2.05, 4.69) is 61.5 Å². The summed E-state index contributed by atoms with van der Waals surface area (Å²) < 4.78 is 65.1. The number of hydrogen-bond donors (Lipinski definition) is 0. The molecule has 2 aromatic rings. The van der Waals surface area contributed by atoms with E-state index in [0.29, 0.717) is 0 Å². The van der Waals surface area contributed by atoms with Gasteiger partial charge in [-0.05, 0) is 30.3 Å². The van der Waals surface area contributed by atoms with Crippen molar-refractivity contribution < 1.29 is 29.9 Å². The molecule has 0 fully saturated rings. The molecule has 1 nitrogen and oxygen atoms in total. The summed E-state index contributed by atoms with van der Waals surface area (Å²) in [5.41, 5.74) is 2.82. The molecule has 41 heavy (non-hydrogen) atoms. The molecule has 0 heterocycles. The predicted molar refractivity (Wildman–Crippen MR) is 168 cm³/mol. The third kappa shape index (κ3) is 29.9. The Labute approximate surface area is 248 Å². The summed E-state index contributed by atoms with van der Waals surface area (Å²) in [6.07, 6.45) is 22.5. The number of hydrogen-bond acceptors (Lipinski definition) is 1. The van der Waals surface area contributed by atoms with Crippen molar-refractivity contribution in [2.24, 2.45) is 0 Å². The maximum atomic E-state index is 9.87. The van der Waals surface area contributed by atoms with Crippen LogP contribution < -0.4 is 4.74 Å². The zero-order valence-electron chi connectivity index (χ0n) is 24.7. The Kier molecular flexibility index (Phi) is 18.1. The van der Waals surface area contributed by atoms with Crippen molar-refractivity contribution >= 4 is 19.6 Å². The maximum absolute atomic E-state index is 10.7. The molecule has 0 radical (unpaired) electrons. The predicted octanol–water partition coefficient (Wildman–Crippen LogP) is 13.2. The Balaban J connectivity index is 0.00000106. The number of halogens is 6. The number of benzene rings is 2. The van der Waals surface area contributed by atoms with Gasteiger partial charge in [0.25, 0.3) is 0 Å². The first-order valence-electron chi connectivity index (χ1n) is 15.3. The van der Waals surface area contributed by atoms with Gasteiger partial charge in [-0.15, -0.1) is 0 Å². The second-order valence-corrected chi connectivity index (χ2v) is 13.8. The van der Waals surface area contributed by atoms with E-state index in [-0.39, 0.29) is 0 Å². The van der Waals surface area contributed by atoms with Gasteiger partial charge in [0, 0.05) is 11.1 Å². The quantitative estimate of drug-likeness (QED) is 0.0414. The van der Waals surface area contributed by atoms with Gasteiger partial charge < -0.3 is 4.74 Å². The summed E-state index contributed by atoms with van der Waals surface area (Å²) in [6, 6.07) is 19.5. The zero-order valence-corrected chi connectivity index (χ0v) is 26.5. The third-order valence-corrected chi connectivity index (χ3v) is 7.80. The van der Waals surface area contributed by atoms with Gasteiger partial charge in [-0.3, -0.25) is 0 Å². The molecule has 0 aliphatic rings. The van der Waals surface area contributed by atoms with Gasteiger partial charge in [-0.1, -0.05) is 146 Å². The van der Waals surface area contributed by atoms with Crippen LogP contribution in [-0.4, -0.2) is 6.61 Å². The number of ether oxygens (including phenoxy) is 1. The van der Waals surface area contributed by atoms with Crippen LogP contribution in [0.4, 0.5) is 25.2 Å².